The fourth-order valence-electron chi connectivity index (χ4n) is 2.59. The van der Waals surface area contributed by atoms with Gasteiger partial charge in [-0.3, -0.25) is 0 Å². The molecule has 1 atom stereocenters. The number of hydrogen-bond donors (Lipinski definition) is 1. The summed E-state index contributed by atoms with van der Waals surface area (Å²) in [6.45, 7) is 10.3. The van der Waals surface area contributed by atoms with E-state index >= 15 is 0 Å². The van der Waals surface area contributed by atoms with Crippen molar-refractivity contribution in [3.63, 3.8) is 0 Å². The molecular formula is C20H29N. The van der Waals surface area contributed by atoms with Gasteiger partial charge in [0.25, 0.3) is 0 Å². The Morgan fingerprint density at radius 3 is 1.95 bits per heavy atom. The summed E-state index contributed by atoms with van der Waals surface area (Å²) < 4.78 is 0. The minimum absolute atomic E-state index is 0.297. The van der Waals surface area contributed by atoms with Gasteiger partial charge < -0.3 is 5.73 Å². The van der Waals surface area contributed by atoms with Gasteiger partial charge in [0, 0.05) is 6.04 Å². The van der Waals surface area contributed by atoms with Gasteiger partial charge in [0.1, 0.15) is 0 Å². The van der Waals surface area contributed by atoms with Crippen LogP contribution in [0.2, 0.25) is 0 Å². The SMILES string of the molecule is CC.Cc1ccc2c(c1)CCC2N.Cc1cccc(C)c1. The Morgan fingerprint density at radius 1 is 0.857 bits per heavy atom. The highest BCUT2D eigenvalue weighted by atomic mass is 14.6. The van der Waals surface area contributed by atoms with E-state index in [9.17, 15) is 0 Å². The minimum atomic E-state index is 0.297. The highest BCUT2D eigenvalue weighted by molar-refractivity contribution is 5.37. The van der Waals surface area contributed by atoms with Gasteiger partial charge in [0.15, 0.2) is 0 Å². The van der Waals surface area contributed by atoms with Gasteiger partial charge in [-0.05, 0) is 44.7 Å². The van der Waals surface area contributed by atoms with Crippen LogP contribution < -0.4 is 5.73 Å². The first kappa shape index (κ1) is 17.5. The van der Waals surface area contributed by atoms with Gasteiger partial charge in [-0.25, -0.2) is 0 Å². The topological polar surface area (TPSA) is 26.0 Å². The van der Waals surface area contributed by atoms with Gasteiger partial charge in [-0.2, -0.15) is 0 Å². The predicted molar refractivity (Wildman–Crippen MR) is 93.7 cm³/mol. The molecule has 2 aromatic rings. The number of rotatable bonds is 0. The van der Waals surface area contributed by atoms with Crippen LogP contribution in [-0.4, -0.2) is 0 Å². The highest BCUT2D eigenvalue weighted by Crippen LogP contribution is 2.29. The van der Waals surface area contributed by atoms with Gasteiger partial charge >= 0.3 is 0 Å². The van der Waals surface area contributed by atoms with Gasteiger partial charge in [-0.1, -0.05) is 73.0 Å². The maximum absolute atomic E-state index is 5.90. The Labute approximate surface area is 130 Å². The fourth-order valence-corrected chi connectivity index (χ4v) is 2.59. The second-order valence-electron chi connectivity index (χ2n) is 5.51. The molecule has 0 spiro atoms. The molecule has 0 fully saturated rings. The van der Waals surface area contributed by atoms with Crippen molar-refractivity contribution < 1.29 is 0 Å². The number of aryl methyl sites for hydroxylation is 4. The van der Waals surface area contributed by atoms with Crippen LogP contribution in [0.1, 0.15) is 54.1 Å². The molecule has 2 N–H and O–H groups in total. The first-order valence-electron chi connectivity index (χ1n) is 7.94. The molecule has 1 heteroatoms. The molecule has 0 aromatic heterocycles. The standard InChI is InChI=1S/C10H13N.C8H10.C2H6/c1-7-2-4-9-8(6-7)3-5-10(9)11;1-7-4-3-5-8(2)6-7;1-2/h2,4,6,10H,3,5,11H2,1H3;3-6H,1-2H3;1-2H3. The van der Waals surface area contributed by atoms with E-state index in [0.717, 1.165) is 12.8 Å². The predicted octanol–water partition coefficient (Wildman–Crippen LogP) is 5.27. The summed E-state index contributed by atoms with van der Waals surface area (Å²) in [5, 5.41) is 0. The van der Waals surface area contributed by atoms with Crippen LogP contribution in [0.15, 0.2) is 42.5 Å². The molecule has 3 rings (SSSR count). The lowest BCUT2D eigenvalue weighted by molar-refractivity contribution is 0.713. The molecule has 2 aromatic carbocycles. The van der Waals surface area contributed by atoms with E-state index < -0.39 is 0 Å². The van der Waals surface area contributed by atoms with E-state index in [2.05, 4.69) is 63.2 Å². The molecule has 0 saturated carbocycles. The van der Waals surface area contributed by atoms with E-state index in [1.165, 1.54) is 27.8 Å². The molecule has 21 heavy (non-hydrogen) atoms. The molecule has 1 unspecified atom stereocenters. The van der Waals surface area contributed by atoms with Crippen LogP contribution in [-0.2, 0) is 6.42 Å². The van der Waals surface area contributed by atoms with Gasteiger partial charge in [0.05, 0.1) is 0 Å². The van der Waals surface area contributed by atoms with Gasteiger partial charge in [-0.15, -0.1) is 0 Å². The third-order valence-corrected chi connectivity index (χ3v) is 3.60. The van der Waals surface area contributed by atoms with Crippen molar-refractivity contribution >= 4 is 0 Å². The largest absolute Gasteiger partial charge is 0.324 e. The molecule has 114 valence electrons. The normalized spacial score (nSPS) is 15.2. The third-order valence-electron chi connectivity index (χ3n) is 3.60. The summed E-state index contributed by atoms with van der Waals surface area (Å²) >= 11 is 0. The zero-order valence-corrected chi connectivity index (χ0v) is 14.1. The molecule has 0 aliphatic heterocycles. The van der Waals surface area contributed by atoms with E-state index in [1.807, 2.05) is 13.8 Å². The Bertz CT molecular complexity index is 540. The van der Waals surface area contributed by atoms with Crippen molar-refractivity contribution in [1.82, 2.24) is 0 Å². The second-order valence-corrected chi connectivity index (χ2v) is 5.51. The number of benzene rings is 2. The van der Waals surface area contributed by atoms with Crippen LogP contribution in [0.5, 0.6) is 0 Å². The van der Waals surface area contributed by atoms with Crippen molar-refractivity contribution in [2.45, 2.75) is 53.5 Å². The van der Waals surface area contributed by atoms with Crippen LogP contribution in [0.25, 0.3) is 0 Å². The van der Waals surface area contributed by atoms with Crippen molar-refractivity contribution in [2.24, 2.45) is 5.73 Å². The van der Waals surface area contributed by atoms with E-state index in [-0.39, 0.29) is 0 Å². The average Bonchev–Trinajstić information content (AvgIpc) is 2.82. The van der Waals surface area contributed by atoms with Crippen LogP contribution in [0, 0.1) is 20.8 Å². The van der Waals surface area contributed by atoms with E-state index in [4.69, 9.17) is 5.73 Å². The Hall–Kier alpha value is -1.60. The number of hydrogen-bond acceptors (Lipinski definition) is 1. The molecule has 1 aliphatic carbocycles. The monoisotopic (exact) mass is 283 g/mol. The van der Waals surface area contributed by atoms with E-state index in [1.54, 1.807) is 0 Å². The molecule has 1 aliphatic rings. The zero-order chi connectivity index (χ0) is 15.8. The maximum atomic E-state index is 5.90. The Balaban J connectivity index is 0.000000196. The quantitative estimate of drug-likeness (QED) is 0.700. The Kier molecular flexibility index (Phi) is 7.18. The lowest BCUT2D eigenvalue weighted by Gasteiger charge is -2.03. The van der Waals surface area contributed by atoms with Crippen molar-refractivity contribution in [2.75, 3.05) is 0 Å². The minimum Gasteiger partial charge on any atom is -0.324 e. The van der Waals surface area contributed by atoms with Crippen molar-refractivity contribution in [3.8, 4) is 0 Å². The summed E-state index contributed by atoms with van der Waals surface area (Å²) in [4.78, 5) is 0. The maximum Gasteiger partial charge on any atom is 0.0300 e. The summed E-state index contributed by atoms with van der Waals surface area (Å²) in [7, 11) is 0. The fraction of sp³-hybridized carbons (Fsp3) is 0.400. The summed E-state index contributed by atoms with van der Waals surface area (Å²) in [6.07, 6.45) is 2.29. The first-order chi connectivity index (χ1) is 10.1. The lowest BCUT2D eigenvalue weighted by atomic mass is 10.1. The summed E-state index contributed by atoms with van der Waals surface area (Å²) in [5.74, 6) is 0. The lowest BCUT2D eigenvalue weighted by Crippen LogP contribution is -2.04. The zero-order valence-electron chi connectivity index (χ0n) is 14.1. The van der Waals surface area contributed by atoms with Crippen molar-refractivity contribution in [1.29, 1.82) is 0 Å². The molecular weight excluding hydrogens is 254 g/mol. The Morgan fingerprint density at radius 2 is 1.43 bits per heavy atom. The van der Waals surface area contributed by atoms with Crippen LogP contribution in [0.4, 0.5) is 0 Å². The molecule has 0 heterocycles. The number of fused-ring (bicyclic) bond motifs is 1. The smallest absolute Gasteiger partial charge is 0.0300 e. The molecule has 0 radical (unpaired) electrons. The number of nitrogens with two attached hydrogens (primary N) is 1. The molecule has 1 nitrogen and oxygen atoms in total. The summed E-state index contributed by atoms with van der Waals surface area (Å²) in [5.41, 5.74) is 12.7. The molecule has 0 saturated heterocycles. The second kappa shape index (κ2) is 8.63. The van der Waals surface area contributed by atoms with Crippen LogP contribution >= 0.6 is 0 Å². The molecule has 0 bridgehead atoms. The van der Waals surface area contributed by atoms with Crippen molar-refractivity contribution in [3.05, 3.63) is 70.3 Å². The molecule has 0 amide bonds. The summed E-state index contributed by atoms with van der Waals surface area (Å²) in [6, 6.07) is 15.3. The van der Waals surface area contributed by atoms with Gasteiger partial charge in [0.2, 0.25) is 0 Å². The average molecular weight is 283 g/mol. The first-order valence-corrected chi connectivity index (χ1v) is 7.94. The van der Waals surface area contributed by atoms with E-state index in [0.29, 0.717) is 6.04 Å². The highest BCUT2D eigenvalue weighted by Gasteiger charge is 2.17. The van der Waals surface area contributed by atoms with Crippen LogP contribution in [0.3, 0.4) is 0 Å². The third kappa shape index (κ3) is 5.35.